The maximum atomic E-state index is 12.3. The van der Waals surface area contributed by atoms with Crippen LogP contribution in [-0.4, -0.2) is 27.7 Å². The van der Waals surface area contributed by atoms with Gasteiger partial charge in [0.2, 0.25) is 0 Å². The van der Waals surface area contributed by atoms with Crippen molar-refractivity contribution >= 4 is 23.2 Å². The first kappa shape index (κ1) is 20.5. The Hall–Kier alpha value is -3.72. The Morgan fingerprint density at radius 1 is 1.32 bits per heavy atom. The minimum absolute atomic E-state index is 0.296. The van der Waals surface area contributed by atoms with Crippen molar-refractivity contribution < 1.29 is 9.90 Å². The van der Waals surface area contributed by atoms with Crippen molar-refractivity contribution in [3.63, 3.8) is 0 Å². The molecule has 3 N–H and O–H groups in total. The molecular formula is C23H19N5O2S. The van der Waals surface area contributed by atoms with Crippen LogP contribution in [0.1, 0.15) is 35.0 Å². The van der Waals surface area contributed by atoms with Crippen molar-refractivity contribution in [1.29, 1.82) is 5.26 Å². The number of urea groups is 1. The molecule has 0 spiro atoms. The van der Waals surface area contributed by atoms with Crippen LogP contribution in [0.25, 0.3) is 11.3 Å². The van der Waals surface area contributed by atoms with Crippen LogP contribution in [0.2, 0.25) is 0 Å². The molecular weight excluding hydrogens is 410 g/mol. The zero-order chi connectivity index (χ0) is 21.8. The van der Waals surface area contributed by atoms with E-state index in [9.17, 15) is 15.2 Å². The Balaban J connectivity index is 1.49. The number of thiazole rings is 1. The van der Waals surface area contributed by atoms with Crippen LogP contribution in [0.4, 0.5) is 10.6 Å². The van der Waals surface area contributed by atoms with Crippen LogP contribution in [0, 0.1) is 23.7 Å². The number of anilines is 1. The van der Waals surface area contributed by atoms with E-state index in [2.05, 4.69) is 32.6 Å². The third kappa shape index (κ3) is 4.26. The summed E-state index contributed by atoms with van der Waals surface area (Å²) in [6.45, 7) is -0.296. The van der Waals surface area contributed by atoms with E-state index < -0.39 is 17.5 Å². The lowest BCUT2D eigenvalue weighted by Crippen LogP contribution is -2.34. The Morgan fingerprint density at radius 2 is 2.13 bits per heavy atom. The zero-order valence-corrected chi connectivity index (χ0v) is 17.3. The number of hydrogen-bond acceptors (Lipinski definition) is 6. The summed E-state index contributed by atoms with van der Waals surface area (Å²) in [6.07, 6.45) is 8.61. The minimum Gasteiger partial charge on any atom is -0.394 e. The fourth-order valence-corrected chi connectivity index (χ4v) is 3.96. The second-order valence-electron chi connectivity index (χ2n) is 7.23. The smallest absolute Gasteiger partial charge is 0.320 e. The maximum Gasteiger partial charge on any atom is 0.320 e. The Morgan fingerprint density at radius 3 is 2.74 bits per heavy atom. The number of nitrogens with one attached hydrogen (secondary N) is 2. The van der Waals surface area contributed by atoms with Crippen LogP contribution in [0.5, 0.6) is 0 Å². The molecule has 1 saturated carbocycles. The molecule has 1 fully saturated rings. The third-order valence-corrected chi connectivity index (χ3v) is 6.00. The minimum atomic E-state index is -0.642. The summed E-state index contributed by atoms with van der Waals surface area (Å²) < 4.78 is 0. The van der Waals surface area contributed by atoms with Gasteiger partial charge in [0, 0.05) is 17.1 Å². The van der Waals surface area contributed by atoms with Crippen LogP contribution in [-0.2, 0) is 5.41 Å². The van der Waals surface area contributed by atoms with E-state index in [1.54, 1.807) is 11.6 Å². The number of carbonyl (C=O) groups is 1. The predicted molar refractivity (Wildman–Crippen MR) is 118 cm³/mol. The number of rotatable bonds is 6. The first-order valence-corrected chi connectivity index (χ1v) is 10.5. The molecule has 1 aromatic carbocycles. The second-order valence-corrected chi connectivity index (χ2v) is 8.09. The number of carbonyl (C=O) groups excluding carboxylic acids is 1. The predicted octanol–water partition coefficient (Wildman–Crippen LogP) is 3.60. The molecule has 0 bridgehead atoms. The molecule has 1 atom stereocenters. The van der Waals surface area contributed by atoms with Gasteiger partial charge in [0.25, 0.3) is 0 Å². The van der Waals surface area contributed by atoms with Gasteiger partial charge in [-0.15, -0.1) is 17.8 Å². The summed E-state index contributed by atoms with van der Waals surface area (Å²) in [5.74, 6) is 2.76. The molecule has 1 aliphatic rings. The number of hydrogen-bond donors (Lipinski definition) is 3. The molecule has 7 nitrogen and oxygen atoms in total. The average molecular weight is 430 g/mol. The van der Waals surface area contributed by atoms with Crippen LogP contribution in [0.15, 0.2) is 48.0 Å². The van der Waals surface area contributed by atoms with E-state index in [-0.39, 0.29) is 6.61 Å². The maximum absolute atomic E-state index is 12.3. The van der Waals surface area contributed by atoms with Gasteiger partial charge < -0.3 is 10.4 Å². The second kappa shape index (κ2) is 8.57. The molecule has 2 aromatic heterocycles. The number of aromatic nitrogens is 2. The molecule has 3 aromatic rings. The van der Waals surface area contributed by atoms with Gasteiger partial charge >= 0.3 is 6.03 Å². The van der Waals surface area contributed by atoms with Crippen LogP contribution < -0.4 is 10.6 Å². The van der Waals surface area contributed by atoms with Gasteiger partial charge in [0.15, 0.2) is 5.01 Å². The molecule has 0 saturated heterocycles. The van der Waals surface area contributed by atoms with Gasteiger partial charge in [-0.05, 0) is 36.0 Å². The SMILES string of the molecule is C#Cc1nc(NC(=O)N[C@@H](CO)c2ccc(-c3ccccc3C3(C#N)CC3)nc2)cs1. The summed E-state index contributed by atoms with van der Waals surface area (Å²) in [6, 6.07) is 12.7. The highest BCUT2D eigenvalue weighted by Crippen LogP contribution is 2.50. The standard InChI is InChI=1S/C23H19N5O2S/c1-2-21-27-20(13-31-21)28-22(30)26-19(12-29)15-7-8-18(25-11-15)16-5-3-4-6-17(16)23(14-24)9-10-23/h1,3-8,11,13,19,29H,9-10,12H2,(H2,26,28,30)/t19-/m0/s1. The van der Waals surface area contributed by atoms with Crippen molar-refractivity contribution in [2.75, 3.05) is 11.9 Å². The lowest BCUT2D eigenvalue weighted by Gasteiger charge is -2.17. The van der Waals surface area contributed by atoms with Gasteiger partial charge in [-0.1, -0.05) is 30.3 Å². The number of nitriles is 1. The average Bonchev–Trinajstić information content (AvgIpc) is 3.49. The van der Waals surface area contributed by atoms with Gasteiger partial charge in [0.05, 0.1) is 29.8 Å². The highest BCUT2D eigenvalue weighted by atomic mass is 32.1. The van der Waals surface area contributed by atoms with E-state index in [0.717, 1.165) is 29.7 Å². The topological polar surface area (TPSA) is 111 Å². The lowest BCUT2D eigenvalue weighted by molar-refractivity contribution is 0.225. The highest BCUT2D eigenvalue weighted by Gasteiger charge is 2.46. The molecule has 2 heterocycles. The molecule has 0 aliphatic heterocycles. The summed E-state index contributed by atoms with van der Waals surface area (Å²) in [7, 11) is 0. The molecule has 8 heteroatoms. The van der Waals surface area contributed by atoms with E-state index in [0.29, 0.717) is 16.4 Å². The number of terminal acetylenes is 1. The fraction of sp³-hybridized carbons (Fsp3) is 0.217. The van der Waals surface area contributed by atoms with Gasteiger partial charge in [-0.2, -0.15) is 5.26 Å². The largest absolute Gasteiger partial charge is 0.394 e. The lowest BCUT2D eigenvalue weighted by atomic mass is 9.91. The highest BCUT2D eigenvalue weighted by molar-refractivity contribution is 7.10. The van der Waals surface area contributed by atoms with Crippen molar-refractivity contribution in [2.45, 2.75) is 24.3 Å². The summed E-state index contributed by atoms with van der Waals surface area (Å²) >= 11 is 1.25. The number of benzene rings is 1. The number of pyridine rings is 1. The molecule has 4 rings (SSSR count). The van der Waals surface area contributed by atoms with Crippen molar-refractivity contribution in [3.8, 4) is 29.7 Å². The van der Waals surface area contributed by atoms with E-state index in [4.69, 9.17) is 6.42 Å². The molecule has 0 unspecified atom stereocenters. The summed E-state index contributed by atoms with van der Waals surface area (Å²) in [4.78, 5) is 20.9. The van der Waals surface area contributed by atoms with Gasteiger partial charge in [0.1, 0.15) is 5.82 Å². The van der Waals surface area contributed by atoms with Crippen LogP contribution in [0.3, 0.4) is 0 Å². The van der Waals surface area contributed by atoms with E-state index in [1.165, 1.54) is 11.3 Å². The number of aliphatic hydroxyl groups is 1. The van der Waals surface area contributed by atoms with E-state index in [1.807, 2.05) is 36.4 Å². The molecule has 2 amide bonds. The Bertz CT molecular complexity index is 1190. The van der Waals surface area contributed by atoms with Gasteiger partial charge in [-0.25, -0.2) is 9.78 Å². The van der Waals surface area contributed by atoms with E-state index >= 15 is 0 Å². The first-order valence-electron chi connectivity index (χ1n) is 9.66. The number of nitrogens with zero attached hydrogens (tertiary/aromatic N) is 3. The molecule has 1 aliphatic carbocycles. The molecule has 154 valence electrons. The van der Waals surface area contributed by atoms with Crippen molar-refractivity contribution in [2.24, 2.45) is 0 Å². The molecule has 31 heavy (non-hydrogen) atoms. The Labute approximate surface area is 183 Å². The fourth-order valence-electron chi connectivity index (χ4n) is 3.40. The van der Waals surface area contributed by atoms with Crippen LogP contribution >= 0.6 is 11.3 Å². The quantitative estimate of drug-likeness (QED) is 0.519. The molecule has 0 radical (unpaired) electrons. The number of amides is 2. The zero-order valence-electron chi connectivity index (χ0n) is 16.5. The Kier molecular flexibility index (Phi) is 5.68. The summed E-state index contributed by atoms with van der Waals surface area (Å²) in [5.41, 5.74) is 2.89. The first-order chi connectivity index (χ1) is 15.1. The third-order valence-electron chi connectivity index (χ3n) is 5.23. The number of aliphatic hydroxyl groups excluding tert-OH is 1. The normalized spacial score (nSPS) is 14.7. The van der Waals surface area contributed by atoms with Gasteiger partial charge in [-0.3, -0.25) is 10.3 Å². The van der Waals surface area contributed by atoms with Crippen molar-refractivity contribution in [3.05, 3.63) is 64.1 Å². The summed E-state index contributed by atoms with van der Waals surface area (Å²) in [5, 5.41) is 26.8. The monoisotopic (exact) mass is 429 g/mol. The van der Waals surface area contributed by atoms with Crippen molar-refractivity contribution in [1.82, 2.24) is 15.3 Å².